The van der Waals surface area contributed by atoms with Gasteiger partial charge in [-0.1, -0.05) is 0 Å². The van der Waals surface area contributed by atoms with E-state index in [1.54, 1.807) is 11.3 Å². The molecule has 1 unspecified atom stereocenters. The van der Waals surface area contributed by atoms with Crippen molar-refractivity contribution in [2.24, 2.45) is 5.84 Å². The number of nitrogens with zero attached hydrogens (tertiary/aromatic N) is 2. The van der Waals surface area contributed by atoms with Crippen molar-refractivity contribution in [3.63, 3.8) is 0 Å². The molecular formula is C13H18N4O2S. The van der Waals surface area contributed by atoms with Crippen LogP contribution in [0.15, 0.2) is 0 Å². The van der Waals surface area contributed by atoms with Crippen LogP contribution >= 0.6 is 11.3 Å². The van der Waals surface area contributed by atoms with Gasteiger partial charge in [0.15, 0.2) is 11.6 Å². The largest absolute Gasteiger partial charge is 0.379 e. The van der Waals surface area contributed by atoms with E-state index in [2.05, 4.69) is 29.2 Å². The summed E-state index contributed by atoms with van der Waals surface area (Å²) in [6, 6.07) is 0. The van der Waals surface area contributed by atoms with Crippen LogP contribution < -0.4 is 11.3 Å². The van der Waals surface area contributed by atoms with Gasteiger partial charge in [0.25, 0.3) is 0 Å². The number of anilines is 1. The Labute approximate surface area is 121 Å². The number of nitrogens with two attached hydrogens (primary N) is 1. The molecule has 1 aliphatic rings. The number of fused-ring (bicyclic) bond motifs is 1. The third-order valence-electron chi connectivity index (χ3n) is 3.55. The lowest BCUT2D eigenvalue weighted by atomic mass is 10.2. The maximum Gasteiger partial charge on any atom is 0.158 e. The maximum atomic E-state index is 5.76. The zero-order valence-corrected chi connectivity index (χ0v) is 12.4. The smallest absolute Gasteiger partial charge is 0.158 e. The lowest BCUT2D eigenvalue weighted by Crippen LogP contribution is -2.15. The second kappa shape index (κ2) is 5.61. The lowest BCUT2D eigenvalue weighted by molar-refractivity contribution is 0.0286. The molecular weight excluding hydrogens is 276 g/mol. The molecule has 0 spiro atoms. The number of nitrogen functional groups attached to an aromatic ring is 1. The summed E-state index contributed by atoms with van der Waals surface area (Å²) in [6.45, 7) is 5.94. The second-order valence-corrected chi connectivity index (χ2v) is 6.10. The van der Waals surface area contributed by atoms with Crippen molar-refractivity contribution < 1.29 is 9.47 Å². The predicted octanol–water partition coefficient (Wildman–Crippen LogP) is 1.90. The van der Waals surface area contributed by atoms with Crippen molar-refractivity contribution >= 4 is 27.4 Å². The van der Waals surface area contributed by atoms with Crippen LogP contribution in [0.5, 0.6) is 0 Å². The lowest BCUT2D eigenvalue weighted by Gasteiger charge is -2.10. The molecule has 1 atom stereocenters. The molecule has 1 fully saturated rings. The van der Waals surface area contributed by atoms with E-state index in [9.17, 15) is 0 Å². The van der Waals surface area contributed by atoms with Crippen LogP contribution in [0.1, 0.15) is 22.7 Å². The normalized spacial score (nSPS) is 18.9. The highest BCUT2D eigenvalue weighted by atomic mass is 32.1. The van der Waals surface area contributed by atoms with Crippen LogP contribution in [0, 0.1) is 13.8 Å². The van der Waals surface area contributed by atoms with Crippen molar-refractivity contribution in [1.82, 2.24) is 9.97 Å². The van der Waals surface area contributed by atoms with Crippen molar-refractivity contribution in [2.45, 2.75) is 33.0 Å². The predicted molar refractivity (Wildman–Crippen MR) is 78.7 cm³/mol. The Kier molecular flexibility index (Phi) is 3.84. The van der Waals surface area contributed by atoms with Crippen LogP contribution in [-0.2, 0) is 16.1 Å². The minimum Gasteiger partial charge on any atom is -0.379 e. The molecule has 1 aliphatic heterocycles. The van der Waals surface area contributed by atoms with Gasteiger partial charge < -0.3 is 14.9 Å². The summed E-state index contributed by atoms with van der Waals surface area (Å²) in [5.41, 5.74) is 3.84. The average molecular weight is 294 g/mol. The fourth-order valence-electron chi connectivity index (χ4n) is 2.30. The van der Waals surface area contributed by atoms with E-state index >= 15 is 0 Å². The second-order valence-electron chi connectivity index (χ2n) is 4.89. The highest BCUT2D eigenvalue weighted by molar-refractivity contribution is 7.18. The summed E-state index contributed by atoms with van der Waals surface area (Å²) >= 11 is 1.65. The standard InChI is InChI=1S/C13H18N4O2S/c1-7-8(2)20-13-11(7)12(17-14)15-10(16-13)6-19-9-3-4-18-5-9/h9H,3-6,14H2,1-2H3,(H,15,16,17). The van der Waals surface area contributed by atoms with E-state index in [0.29, 0.717) is 24.9 Å². The summed E-state index contributed by atoms with van der Waals surface area (Å²) < 4.78 is 11.0. The highest BCUT2D eigenvalue weighted by Gasteiger charge is 2.18. The number of hydrazine groups is 1. The topological polar surface area (TPSA) is 82.3 Å². The number of nitrogens with one attached hydrogen (secondary N) is 1. The molecule has 6 nitrogen and oxygen atoms in total. The van der Waals surface area contributed by atoms with Gasteiger partial charge in [-0.2, -0.15) is 0 Å². The van der Waals surface area contributed by atoms with Gasteiger partial charge in [0, 0.05) is 11.5 Å². The molecule has 7 heteroatoms. The van der Waals surface area contributed by atoms with Gasteiger partial charge in [0.1, 0.15) is 11.4 Å². The molecule has 3 heterocycles. The van der Waals surface area contributed by atoms with Gasteiger partial charge in [0.2, 0.25) is 0 Å². The molecule has 20 heavy (non-hydrogen) atoms. The van der Waals surface area contributed by atoms with E-state index < -0.39 is 0 Å². The third kappa shape index (κ3) is 2.49. The number of thiophene rings is 1. The average Bonchev–Trinajstić information content (AvgIpc) is 3.05. The van der Waals surface area contributed by atoms with Crippen LogP contribution in [0.4, 0.5) is 5.82 Å². The van der Waals surface area contributed by atoms with E-state index in [1.807, 2.05) is 0 Å². The van der Waals surface area contributed by atoms with Gasteiger partial charge in [-0.3, -0.25) is 0 Å². The summed E-state index contributed by atoms with van der Waals surface area (Å²) in [5, 5.41) is 1.00. The van der Waals surface area contributed by atoms with Gasteiger partial charge in [-0.15, -0.1) is 11.3 Å². The quantitative estimate of drug-likeness (QED) is 0.662. The molecule has 0 saturated carbocycles. The summed E-state index contributed by atoms with van der Waals surface area (Å²) in [4.78, 5) is 11.2. The monoisotopic (exact) mass is 294 g/mol. The van der Waals surface area contributed by atoms with Crippen molar-refractivity contribution in [3.05, 3.63) is 16.3 Å². The van der Waals surface area contributed by atoms with E-state index in [1.165, 1.54) is 10.4 Å². The van der Waals surface area contributed by atoms with Gasteiger partial charge in [0.05, 0.1) is 18.1 Å². The minimum atomic E-state index is 0.149. The molecule has 0 bridgehead atoms. The first-order valence-corrected chi connectivity index (χ1v) is 7.43. The number of ether oxygens (including phenoxy) is 2. The highest BCUT2D eigenvalue weighted by Crippen LogP contribution is 2.32. The Morgan fingerprint density at radius 3 is 3.00 bits per heavy atom. The fourth-order valence-corrected chi connectivity index (χ4v) is 3.35. The van der Waals surface area contributed by atoms with Crippen LogP contribution in [0.2, 0.25) is 0 Å². The van der Waals surface area contributed by atoms with Gasteiger partial charge >= 0.3 is 0 Å². The summed E-state index contributed by atoms with van der Waals surface area (Å²) in [7, 11) is 0. The Morgan fingerprint density at radius 1 is 1.45 bits per heavy atom. The third-order valence-corrected chi connectivity index (χ3v) is 4.65. The number of rotatable bonds is 4. The SMILES string of the molecule is Cc1sc2nc(COC3CCOC3)nc(NN)c2c1C. The molecule has 0 aromatic carbocycles. The molecule has 2 aromatic rings. The first-order valence-electron chi connectivity index (χ1n) is 6.61. The zero-order chi connectivity index (χ0) is 14.1. The van der Waals surface area contributed by atoms with Crippen LogP contribution in [0.25, 0.3) is 10.2 Å². The Balaban J connectivity index is 1.87. The van der Waals surface area contributed by atoms with E-state index in [0.717, 1.165) is 23.2 Å². The molecule has 0 aliphatic carbocycles. The zero-order valence-electron chi connectivity index (χ0n) is 11.6. The fraction of sp³-hybridized carbons (Fsp3) is 0.538. The summed E-state index contributed by atoms with van der Waals surface area (Å²) in [6.07, 6.45) is 1.08. The molecule has 108 valence electrons. The molecule has 3 rings (SSSR count). The minimum absolute atomic E-state index is 0.149. The van der Waals surface area contributed by atoms with Crippen LogP contribution in [-0.4, -0.2) is 29.3 Å². The van der Waals surface area contributed by atoms with E-state index in [-0.39, 0.29) is 6.10 Å². The molecule has 2 aromatic heterocycles. The van der Waals surface area contributed by atoms with Gasteiger partial charge in [-0.25, -0.2) is 15.8 Å². The molecule has 0 amide bonds. The van der Waals surface area contributed by atoms with Gasteiger partial charge in [-0.05, 0) is 25.8 Å². The van der Waals surface area contributed by atoms with Crippen molar-refractivity contribution in [2.75, 3.05) is 18.6 Å². The number of aryl methyl sites for hydroxylation is 2. The Morgan fingerprint density at radius 2 is 2.30 bits per heavy atom. The number of hydrogen-bond acceptors (Lipinski definition) is 7. The molecule has 1 saturated heterocycles. The Hall–Kier alpha value is -1.28. The molecule has 3 N–H and O–H groups in total. The number of hydrogen-bond donors (Lipinski definition) is 2. The Bertz CT molecular complexity index is 622. The van der Waals surface area contributed by atoms with E-state index in [4.69, 9.17) is 15.3 Å². The molecule has 0 radical (unpaired) electrons. The first-order chi connectivity index (χ1) is 9.69. The first kappa shape index (κ1) is 13.7. The van der Waals surface area contributed by atoms with Crippen molar-refractivity contribution in [3.8, 4) is 0 Å². The maximum absolute atomic E-state index is 5.76. The van der Waals surface area contributed by atoms with Crippen molar-refractivity contribution in [1.29, 1.82) is 0 Å². The number of aromatic nitrogens is 2. The summed E-state index contributed by atoms with van der Waals surface area (Å²) in [5.74, 6) is 6.90. The van der Waals surface area contributed by atoms with Crippen LogP contribution in [0.3, 0.4) is 0 Å².